The summed E-state index contributed by atoms with van der Waals surface area (Å²) >= 11 is 4.07. The number of hydrogen-bond acceptors (Lipinski definition) is 8. The van der Waals surface area contributed by atoms with Crippen LogP contribution in [0.2, 0.25) is 0 Å². The second-order valence-corrected chi connectivity index (χ2v) is 8.13. The topological polar surface area (TPSA) is 222 Å². The molecule has 1 aromatic heterocycles. The molecule has 4 atom stereocenters. The summed E-state index contributed by atoms with van der Waals surface area (Å²) in [6.45, 7) is 3.21. The maximum Gasteiger partial charge on any atom is 0.326 e. The number of nitrogens with two attached hydrogens (primary N) is 2. The molecular weight excluding hydrogens is 454 g/mol. The highest BCUT2D eigenvalue weighted by atomic mass is 32.1. The molecule has 0 aliphatic rings. The summed E-state index contributed by atoms with van der Waals surface area (Å²) in [4.78, 5) is 67.0. The third-order valence-electron chi connectivity index (χ3n) is 4.69. The molecule has 0 spiro atoms. The maximum absolute atomic E-state index is 12.7. The van der Waals surface area contributed by atoms with Gasteiger partial charge in [-0.1, -0.05) is 13.8 Å². The van der Waals surface area contributed by atoms with E-state index in [9.17, 15) is 29.1 Å². The van der Waals surface area contributed by atoms with Gasteiger partial charge in [0, 0.05) is 30.5 Å². The first kappa shape index (κ1) is 27.9. The predicted molar refractivity (Wildman–Crippen MR) is 121 cm³/mol. The monoisotopic (exact) mass is 485 g/mol. The number of rotatable bonds is 14. The molecular formula is C19H31N7O6S. The summed E-state index contributed by atoms with van der Waals surface area (Å²) in [6.07, 6.45) is 2.71. The molecule has 0 saturated carbocycles. The number of aromatic nitrogens is 2. The van der Waals surface area contributed by atoms with Gasteiger partial charge in [0.25, 0.3) is 0 Å². The fourth-order valence-corrected chi connectivity index (χ4v) is 3.05. The minimum absolute atomic E-state index is 0.109. The summed E-state index contributed by atoms with van der Waals surface area (Å²) in [5, 5.41) is 16.5. The minimum atomic E-state index is -1.26. The van der Waals surface area contributed by atoms with Crippen LogP contribution in [0, 0.1) is 5.92 Å². The standard InChI is InChI=1S/C19H31N7O6S/c1-9(2)15(19(31)32)26-17(29)12(3-4-14(21)27)24-18(30)13(7-33)25-16(28)11(20)5-10-6-22-8-23-10/h6,8-9,11-13,15,33H,3-5,7,20H2,1-2H3,(H2,21,27)(H,22,23)(H,24,30)(H,25,28)(H,26,29)(H,31,32). The van der Waals surface area contributed by atoms with Crippen molar-refractivity contribution in [1.29, 1.82) is 0 Å². The van der Waals surface area contributed by atoms with Gasteiger partial charge < -0.3 is 37.5 Å². The van der Waals surface area contributed by atoms with Gasteiger partial charge in [0.05, 0.1) is 12.4 Å². The van der Waals surface area contributed by atoms with Crippen molar-refractivity contribution in [1.82, 2.24) is 25.9 Å². The van der Waals surface area contributed by atoms with Gasteiger partial charge in [-0.25, -0.2) is 9.78 Å². The number of amides is 4. The predicted octanol–water partition coefficient (Wildman–Crippen LogP) is -2.33. The molecule has 184 valence electrons. The zero-order valence-corrected chi connectivity index (χ0v) is 19.3. The van der Waals surface area contributed by atoms with Gasteiger partial charge in [0.2, 0.25) is 23.6 Å². The average molecular weight is 486 g/mol. The fourth-order valence-electron chi connectivity index (χ4n) is 2.79. The summed E-state index contributed by atoms with van der Waals surface area (Å²) in [6, 6.07) is -4.58. The van der Waals surface area contributed by atoms with Gasteiger partial charge in [-0.15, -0.1) is 0 Å². The van der Waals surface area contributed by atoms with Crippen LogP contribution in [0.5, 0.6) is 0 Å². The van der Waals surface area contributed by atoms with Crippen molar-refractivity contribution in [3.8, 4) is 0 Å². The van der Waals surface area contributed by atoms with E-state index in [1.165, 1.54) is 12.5 Å². The molecule has 0 fully saturated rings. The van der Waals surface area contributed by atoms with Crippen molar-refractivity contribution in [2.24, 2.45) is 17.4 Å². The molecule has 4 unspecified atom stereocenters. The van der Waals surface area contributed by atoms with Crippen LogP contribution < -0.4 is 27.4 Å². The molecule has 0 aliphatic heterocycles. The third-order valence-corrected chi connectivity index (χ3v) is 5.06. The number of H-pyrrole nitrogens is 1. The van der Waals surface area contributed by atoms with Gasteiger partial charge in [-0.05, 0) is 12.3 Å². The molecule has 1 aromatic rings. The maximum atomic E-state index is 12.7. The zero-order valence-electron chi connectivity index (χ0n) is 18.4. The molecule has 0 aromatic carbocycles. The smallest absolute Gasteiger partial charge is 0.326 e. The summed E-state index contributed by atoms with van der Waals surface area (Å²) in [7, 11) is 0. The first-order valence-corrected chi connectivity index (χ1v) is 10.8. The Hall–Kier alpha value is -3.13. The second kappa shape index (κ2) is 13.4. The summed E-state index contributed by atoms with van der Waals surface area (Å²) in [5.74, 6) is -4.67. The number of nitrogens with zero attached hydrogens (tertiary/aromatic N) is 1. The van der Waals surface area contributed by atoms with Gasteiger partial charge >= 0.3 is 5.97 Å². The molecule has 0 radical (unpaired) electrons. The van der Waals surface area contributed by atoms with E-state index in [0.717, 1.165) is 0 Å². The SMILES string of the molecule is CC(C)C(NC(=O)C(CCC(N)=O)NC(=O)C(CS)NC(=O)C(N)Cc1cnc[nH]1)C(=O)O. The molecule has 1 heterocycles. The van der Waals surface area contributed by atoms with Gasteiger partial charge in [0.1, 0.15) is 18.1 Å². The summed E-state index contributed by atoms with van der Waals surface area (Å²) in [5.41, 5.74) is 11.6. The minimum Gasteiger partial charge on any atom is -0.480 e. The van der Waals surface area contributed by atoms with E-state index in [1.54, 1.807) is 13.8 Å². The third kappa shape index (κ3) is 9.49. The highest BCUT2D eigenvalue weighted by molar-refractivity contribution is 7.80. The van der Waals surface area contributed by atoms with Crippen LogP contribution in [-0.4, -0.2) is 74.6 Å². The van der Waals surface area contributed by atoms with Crippen molar-refractivity contribution in [2.45, 2.75) is 57.3 Å². The number of carboxylic acids is 1. The van der Waals surface area contributed by atoms with Crippen molar-refractivity contribution in [3.05, 3.63) is 18.2 Å². The lowest BCUT2D eigenvalue weighted by Gasteiger charge is -2.25. The van der Waals surface area contributed by atoms with Gasteiger partial charge in [0.15, 0.2) is 0 Å². The Morgan fingerprint density at radius 3 is 2.18 bits per heavy atom. The lowest BCUT2D eigenvalue weighted by atomic mass is 10.0. The second-order valence-electron chi connectivity index (χ2n) is 7.77. The molecule has 0 saturated heterocycles. The lowest BCUT2D eigenvalue weighted by Crippen LogP contribution is -2.58. The Morgan fingerprint density at radius 2 is 1.70 bits per heavy atom. The Bertz CT molecular complexity index is 833. The largest absolute Gasteiger partial charge is 0.480 e. The van der Waals surface area contributed by atoms with Crippen LogP contribution in [0.1, 0.15) is 32.4 Å². The number of carboxylic acid groups (broad SMARTS) is 1. The van der Waals surface area contributed by atoms with E-state index in [1.807, 2.05) is 0 Å². The zero-order chi connectivity index (χ0) is 25.1. The molecule has 13 nitrogen and oxygen atoms in total. The number of thiol groups is 1. The number of imidazole rings is 1. The summed E-state index contributed by atoms with van der Waals surface area (Å²) < 4.78 is 0. The highest BCUT2D eigenvalue weighted by Gasteiger charge is 2.31. The first-order chi connectivity index (χ1) is 15.5. The molecule has 0 aliphatic carbocycles. The number of carbonyl (C=O) groups excluding carboxylic acids is 4. The molecule has 33 heavy (non-hydrogen) atoms. The van der Waals surface area contributed by atoms with E-state index < -0.39 is 59.7 Å². The van der Waals surface area contributed by atoms with E-state index in [-0.39, 0.29) is 25.0 Å². The molecule has 14 heteroatoms. The average Bonchev–Trinajstić information content (AvgIpc) is 3.24. The Kier molecular flexibility index (Phi) is 11.4. The number of hydrogen-bond donors (Lipinski definition) is 8. The van der Waals surface area contributed by atoms with E-state index in [2.05, 4.69) is 38.5 Å². The van der Waals surface area contributed by atoms with Crippen molar-refractivity contribution < 1.29 is 29.1 Å². The Balaban J connectivity index is 2.84. The Labute approximate surface area is 196 Å². The van der Waals surface area contributed by atoms with Gasteiger partial charge in [-0.2, -0.15) is 12.6 Å². The Morgan fingerprint density at radius 1 is 1.09 bits per heavy atom. The van der Waals surface area contributed by atoms with Crippen LogP contribution in [0.3, 0.4) is 0 Å². The molecule has 1 rings (SSSR count). The van der Waals surface area contributed by atoms with Crippen LogP contribution in [-0.2, 0) is 30.4 Å². The van der Waals surface area contributed by atoms with Crippen LogP contribution in [0.25, 0.3) is 0 Å². The van der Waals surface area contributed by atoms with Crippen molar-refractivity contribution in [3.63, 3.8) is 0 Å². The van der Waals surface area contributed by atoms with Gasteiger partial charge in [-0.3, -0.25) is 19.2 Å². The fraction of sp³-hybridized carbons (Fsp3) is 0.579. The number of carbonyl (C=O) groups is 5. The lowest BCUT2D eigenvalue weighted by molar-refractivity contribution is -0.143. The highest BCUT2D eigenvalue weighted by Crippen LogP contribution is 2.06. The normalized spacial score (nSPS) is 14.6. The molecule has 4 amide bonds. The molecule has 0 bridgehead atoms. The quantitative estimate of drug-likeness (QED) is 0.133. The van der Waals surface area contributed by atoms with Crippen LogP contribution >= 0.6 is 12.6 Å². The van der Waals surface area contributed by atoms with Crippen LogP contribution in [0.15, 0.2) is 12.5 Å². The molecule has 9 N–H and O–H groups in total. The first-order valence-electron chi connectivity index (χ1n) is 10.2. The van der Waals surface area contributed by atoms with E-state index in [4.69, 9.17) is 11.5 Å². The number of aromatic amines is 1. The van der Waals surface area contributed by atoms with E-state index >= 15 is 0 Å². The van der Waals surface area contributed by atoms with Crippen molar-refractivity contribution in [2.75, 3.05) is 5.75 Å². The number of aliphatic carboxylic acids is 1. The number of nitrogens with one attached hydrogen (secondary N) is 4. The number of primary amides is 1. The van der Waals surface area contributed by atoms with Crippen LogP contribution in [0.4, 0.5) is 0 Å². The van der Waals surface area contributed by atoms with Crippen molar-refractivity contribution >= 4 is 42.2 Å². The van der Waals surface area contributed by atoms with E-state index in [0.29, 0.717) is 5.69 Å².